The third-order valence-electron chi connectivity index (χ3n) is 3.90. The van der Waals surface area contributed by atoms with E-state index in [1.807, 2.05) is 7.05 Å². The van der Waals surface area contributed by atoms with Gasteiger partial charge in [-0.15, -0.1) is 0 Å². The maximum absolute atomic E-state index is 12.8. The summed E-state index contributed by atoms with van der Waals surface area (Å²) in [7, 11) is -2.15. The van der Waals surface area contributed by atoms with Gasteiger partial charge in [-0.25, -0.2) is 8.42 Å². The maximum Gasteiger partial charge on any atom is 0.416 e. The van der Waals surface area contributed by atoms with Gasteiger partial charge in [-0.05, 0) is 50.6 Å². The molecule has 0 amide bonds. The largest absolute Gasteiger partial charge is 0.416 e. The first-order valence-corrected chi connectivity index (χ1v) is 8.99. The van der Waals surface area contributed by atoms with Crippen LogP contribution in [0.5, 0.6) is 0 Å². The van der Waals surface area contributed by atoms with Crippen molar-refractivity contribution in [3.63, 3.8) is 0 Å². The van der Waals surface area contributed by atoms with Crippen LogP contribution < -0.4 is 5.32 Å². The Labute approximate surface area is 138 Å². The number of benzene rings is 1. The summed E-state index contributed by atoms with van der Waals surface area (Å²) in [4.78, 5) is -0.413. The molecule has 4 nitrogen and oxygen atoms in total. The molecule has 1 saturated heterocycles. The molecule has 23 heavy (non-hydrogen) atoms. The highest BCUT2D eigenvalue weighted by atomic mass is 35.5. The van der Waals surface area contributed by atoms with Gasteiger partial charge in [0.2, 0.25) is 10.0 Å². The predicted molar refractivity (Wildman–Crippen MR) is 81.9 cm³/mol. The molecule has 2 rings (SSSR count). The number of hydrogen-bond acceptors (Lipinski definition) is 3. The first-order chi connectivity index (χ1) is 10.6. The lowest BCUT2D eigenvalue weighted by atomic mass is 9.98. The van der Waals surface area contributed by atoms with Crippen LogP contribution in [0.15, 0.2) is 23.1 Å². The summed E-state index contributed by atoms with van der Waals surface area (Å²) in [6.07, 6.45) is -3.30. The van der Waals surface area contributed by atoms with Gasteiger partial charge in [0.1, 0.15) is 0 Å². The van der Waals surface area contributed by atoms with E-state index in [2.05, 4.69) is 5.32 Å². The number of nitrogens with one attached hydrogen (secondary N) is 1. The Bertz CT molecular complexity index is 656. The van der Waals surface area contributed by atoms with Crippen molar-refractivity contribution in [3.05, 3.63) is 28.8 Å². The number of halogens is 4. The Morgan fingerprint density at radius 2 is 1.87 bits per heavy atom. The van der Waals surface area contributed by atoms with E-state index in [0.29, 0.717) is 37.9 Å². The fourth-order valence-electron chi connectivity index (χ4n) is 2.67. The summed E-state index contributed by atoms with van der Waals surface area (Å²) in [6.45, 7) is 1.38. The summed E-state index contributed by atoms with van der Waals surface area (Å²) in [5.74, 6) is 0.372. The van der Waals surface area contributed by atoms with Crippen molar-refractivity contribution in [2.45, 2.75) is 23.9 Å². The highest BCUT2D eigenvalue weighted by molar-refractivity contribution is 7.89. The fourth-order valence-corrected chi connectivity index (χ4v) is 4.51. The average molecular weight is 371 g/mol. The third-order valence-corrected chi connectivity index (χ3v) is 6.00. The van der Waals surface area contributed by atoms with Crippen LogP contribution in [0.4, 0.5) is 13.2 Å². The van der Waals surface area contributed by atoms with Crippen molar-refractivity contribution in [3.8, 4) is 0 Å². The lowest BCUT2D eigenvalue weighted by molar-refractivity contribution is -0.137. The molecule has 0 saturated carbocycles. The quantitative estimate of drug-likeness (QED) is 0.886. The highest BCUT2D eigenvalue weighted by Gasteiger charge is 2.34. The number of rotatable bonds is 4. The van der Waals surface area contributed by atoms with Crippen molar-refractivity contribution in [1.29, 1.82) is 0 Å². The molecule has 1 aromatic rings. The molecule has 9 heteroatoms. The second-order valence-electron chi connectivity index (χ2n) is 5.58. The van der Waals surface area contributed by atoms with E-state index in [4.69, 9.17) is 11.6 Å². The number of hydrogen-bond donors (Lipinski definition) is 1. The molecule has 0 bridgehead atoms. The van der Waals surface area contributed by atoms with Gasteiger partial charge < -0.3 is 5.32 Å². The zero-order valence-electron chi connectivity index (χ0n) is 12.5. The molecule has 130 valence electrons. The van der Waals surface area contributed by atoms with Crippen molar-refractivity contribution in [2.75, 3.05) is 26.7 Å². The van der Waals surface area contributed by atoms with E-state index in [-0.39, 0.29) is 5.02 Å². The summed E-state index contributed by atoms with van der Waals surface area (Å²) < 4.78 is 64.9. The fraction of sp³-hybridized carbons (Fsp3) is 0.571. The molecule has 0 atom stereocenters. The normalized spacial score (nSPS) is 18.3. The molecule has 0 aliphatic carbocycles. The minimum Gasteiger partial charge on any atom is -0.319 e. The van der Waals surface area contributed by atoms with E-state index in [0.717, 1.165) is 18.7 Å². The molecule has 1 fully saturated rings. The van der Waals surface area contributed by atoms with Gasteiger partial charge in [-0.2, -0.15) is 17.5 Å². The summed E-state index contributed by atoms with van der Waals surface area (Å²) in [5.41, 5.74) is -1.06. The zero-order chi connectivity index (χ0) is 17.3. The van der Waals surface area contributed by atoms with E-state index in [1.165, 1.54) is 4.31 Å². The van der Waals surface area contributed by atoms with Crippen molar-refractivity contribution >= 4 is 21.6 Å². The second-order valence-corrected chi connectivity index (χ2v) is 7.95. The predicted octanol–water partition coefficient (Wildman–Crippen LogP) is 2.98. The Balaban J connectivity index is 2.25. The molecule has 1 aromatic carbocycles. The van der Waals surface area contributed by atoms with E-state index in [1.54, 1.807) is 0 Å². The van der Waals surface area contributed by atoms with Crippen LogP contribution in [-0.2, 0) is 16.2 Å². The average Bonchev–Trinajstić information content (AvgIpc) is 2.46. The van der Waals surface area contributed by atoms with Crippen molar-refractivity contribution < 1.29 is 21.6 Å². The van der Waals surface area contributed by atoms with Crippen LogP contribution in [0.1, 0.15) is 18.4 Å². The first-order valence-electron chi connectivity index (χ1n) is 7.17. The van der Waals surface area contributed by atoms with Gasteiger partial charge in [0.05, 0.1) is 10.5 Å². The number of sulfonamides is 1. The minimum absolute atomic E-state index is 0.247. The van der Waals surface area contributed by atoms with Gasteiger partial charge in [0, 0.05) is 18.1 Å². The summed E-state index contributed by atoms with van der Waals surface area (Å²) >= 11 is 5.67. The molecule has 1 N–H and O–H groups in total. The van der Waals surface area contributed by atoms with Crippen molar-refractivity contribution in [1.82, 2.24) is 9.62 Å². The van der Waals surface area contributed by atoms with Gasteiger partial charge in [-0.1, -0.05) is 11.6 Å². The van der Waals surface area contributed by atoms with Crippen LogP contribution in [0.2, 0.25) is 5.02 Å². The molecule has 0 unspecified atom stereocenters. The van der Waals surface area contributed by atoms with Gasteiger partial charge in [-0.3, -0.25) is 0 Å². The van der Waals surface area contributed by atoms with E-state index in [9.17, 15) is 21.6 Å². The molecule has 1 heterocycles. The highest BCUT2D eigenvalue weighted by Crippen LogP contribution is 2.34. The van der Waals surface area contributed by atoms with Crippen LogP contribution in [0.3, 0.4) is 0 Å². The SMILES string of the molecule is CNCC1CCN(S(=O)(=O)c2cc(Cl)cc(C(F)(F)F)c2)CC1. The zero-order valence-corrected chi connectivity index (χ0v) is 14.1. The molecule has 0 radical (unpaired) electrons. The second kappa shape index (κ2) is 6.96. The number of alkyl halides is 3. The Kier molecular flexibility index (Phi) is 5.60. The number of piperidine rings is 1. The summed E-state index contributed by atoms with van der Waals surface area (Å²) in [6, 6.07) is 2.42. The van der Waals surface area contributed by atoms with Crippen LogP contribution in [0.25, 0.3) is 0 Å². The topological polar surface area (TPSA) is 49.4 Å². The Morgan fingerprint density at radius 3 is 2.39 bits per heavy atom. The van der Waals surface area contributed by atoms with Gasteiger partial charge in [0.25, 0.3) is 0 Å². The third kappa shape index (κ3) is 4.37. The standard InChI is InChI=1S/C14H18ClF3N2O2S/c1-19-9-10-2-4-20(5-3-10)23(21,22)13-7-11(14(16,17)18)6-12(15)8-13/h6-8,10,19H,2-5,9H2,1H3. The first kappa shape index (κ1) is 18.5. The van der Waals surface area contributed by atoms with E-state index < -0.39 is 26.7 Å². The monoisotopic (exact) mass is 370 g/mol. The van der Waals surface area contributed by atoms with Gasteiger partial charge in [0.15, 0.2) is 0 Å². The molecular weight excluding hydrogens is 353 g/mol. The Morgan fingerprint density at radius 1 is 1.26 bits per heavy atom. The molecule has 0 spiro atoms. The van der Waals surface area contributed by atoms with E-state index >= 15 is 0 Å². The molecule has 1 aliphatic rings. The van der Waals surface area contributed by atoms with Crippen LogP contribution in [-0.4, -0.2) is 39.4 Å². The Hall–Kier alpha value is -0.830. The molecule has 0 aromatic heterocycles. The van der Waals surface area contributed by atoms with Crippen molar-refractivity contribution in [2.24, 2.45) is 5.92 Å². The smallest absolute Gasteiger partial charge is 0.319 e. The lowest BCUT2D eigenvalue weighted by Gasteiger charge is -2.31. The lowest BCUT2D eigenvalue weighted by Crippen LogP contribution is -2.40. The minimum atomic E-state index is -4.64. The van der Waals surface area contributed by atoms with Gasteiger partial charge >= 0.3 is 6.18 Å². The maximum atomic E-state index is 12.8. The van der Waals surface area contributed by atoms with Crippen LogP contribution >= 0.6 is 11.6 Å². The molecule has 1 aliphatic heterocycles. The number of nitrogens with zero attached hydrogens (tertiary/aromatic N) is 1. The molecular formula is C14H18ClF3N2O2S. The van der Waals surface area contributed by atoms with Crippen LogP contribution in [0, 0.1) is 5.92 Å². The summed E-state index contributed by atoms with van der Waals surface area (Å²) in [5, 5.41) is 2.80.